The van der Waals surface area contributed by atoms with E-state index in [0.717, 1.165) is 48.0 Å². The Morgan fingerprint density at radius 3 is 2.84 bits per heavy atom. The number of rotatable bonds is 2. The minimum atomic E-state index is 0.143. The number of pyridine rings is 1. The van der Waals surface area contributed by atoms with E-state index in [-0.39, 0.29) is 11.9 Å². The molecule has 0 unspecified atom stereocenters. The zero-order valence-corrected chi connectivity index (χ0v) is 14.4. The number of aryl methyl sites for hydroxylation is 1. The van der Waals surface area contributed by atoms with Crippen LogP contribution >= 0.6 is 11.3 Å². The Morgan fingerprint density at radius 1 is 1.16 bits per heavy atom. The molecule has 5 heterocycles. The van der Waals surface area contributed by atoms with Gasteiger partial charge >= 0.3 is 0 Å². The molecule has 126 valence electrons. The summed E-state index contributed by atoms with van der Waals surface area (Å²) in [5, 5.41) is 10.8. The number of likely N-dealkylation sites (tertiary alicyclic amines) is 1. The molecule has 3 aromatic heterocycles. The van der Waals surface area contributed by atoms with E-state index >= 15 is 0 Å². The quantitative estimate of drug-likeness (QED) is 0.712. The molecule has 2 aliphatic heterocycles. The van der Waals surface area contributed by atoms with Crippen LogP contribution in [0.15, 0.2) is 42.0 Å². The lowest BCUT2D eigenvalue weighted by atomic mass is 9.93. The van der Waals surface area contributed by atoms with Gasteiger partial charge in [0.2, 0.25) is 0 Å². The fourth-order valence-corrected chi connectivity index (χ4v) is 4.70. The molecule has 0 saturated carbocycles. The molecule has 6 nitrogen and oxygen atoms in total. The van der Waals surface area contributed by atoms with Crippen LogP contribution in [-0.2, 0) is 6.42 Å². The summed E-state index contributed by atoms with van der Waals surface area (Å²) in [5.74, 6) is 2.52. The summed E-state index contributed by atoms with van der Waals surface area (Å²) in [7, 11) is 0. The van der Waals surface area contributed by atoms with Gasteiger partial charge in [-0.3, -0.25) is 9.78 Å². The van der Waals surface area contributed by atoms with Crippen LogP contribution in [0.1, 0.15) is 28.0 Å². The van der Waals surface area contributed by atoms with Crippen LogP contribution in [0.3, 0.4) is 0 Å². The van der Waals surface area contributed by atoms with Gasteiger partial charge in [0.05, 0.1) is 10.9 Å². The Kier molecular flexibility index (Phi) is 3.41. The second kappa shape index (κ2) is 5.77. The van der Waals surface area contributed by atoms with Crippen LogP contribution in [0.25, 0.3) is 11.4 Å². The largest absolute Gasteiger partial charge is 0.335 e. The molecular formula is C18H17N5OS. The summed E-state index contributed by atoms with van der Waals surface area (Å²) in [6.45, 7) is 1.54. The van der Waals surface area contributed by atoms with E-state index < -0.39 is 0 Å². The molecule has 0 radical (unpaired) electrons. The topological polar surface area (TPSA) is 63.9 Å². The Bertz CT molecular complexity index is 905. The number of fused-ring (bicyclic) bond motifs is 3. The zero-order valence-electron chi connectivity index (χ0n) is 13.6. The maximum Gasteiger partial charge on any atom is 0.263 e. The number of nitrogens with zero attached hydrogens (tertiary/aromatic N) is 5. The zero-order chi connectivity index (χ0) is 16.8. The van der Waals surface area contributed by atoms with Gasteiger partial charge < -0.3 is 9.47 Å². The highest BCUT2D eigenvalue weighted by molar-refractivity contribution is 7.12. The summed E-state index contributed by atoms with van der Waals surface area (Å²) >= 11 is 1.51. The maximum atomic E-state index is 12.7. The Balaban J connectivity index is 1.49. The summed E-state index contributed by atoms with van der Waals surface area (Å²) in [6.07, 6.45) is 5.53. The lowest BCUT2D eigenvalue weighted by Gasteiger charge is -2.27. The molecule has 3 aromatic rings. The van der Waals surface area contributed by atoms with Crippen molar-refractivity contribution in [1.82, 2.24) is 24.6 Å². The molecule has 2 aliphatic rings. The van der Waals surface area contributed by atoms with Gasteiger partial charge in [-0.25, -0.2) is 0 Å². The highest BCUT2D eigenvalue weighted by Crippen LogP contribution is 2.39. The van der Waals surface area contributed by atoms with Crippen molar-refractivity contribution in [2.45, 2.75) is 18.9 Å². The van der Waals surface area contributed by atoms with Crippen LogP contribution in [0.2, 0.25) is 0 Å². The van der Waals surface area contributed by atoms with Crippen LogP contribution in [0.4, 0.5) is 0 Å². The lowest BCUT2D eigenvalue weighted by Crippen LogP contribution is -2.28. The minimum Gasteiger partial charge on any atom is -0.335 e. The maximum absolute atomic E-state index is 12.7. The van der Waals surface area contributed by atoms with Crippen LogP contribution in [0, 0.1) is 5.92 Å². The predicted octanol–water partition coefficient (Wildman–Crippen LogP) is 2.66. The number of carbonyl (C=O) groups is 1. The number of aromatic nitrogens is 4. The van der Waals surface area contributed by atoms with Crippen molar-refractivity contribution in [3.05, 3.63) is 52.7 Å². The van der Waals surface area contributed by atoms with E-state index in [1.54, 1.807) is 12.4 Å². The first-order valence-corrected chi connectivity index (χ1v) is 9.36. The summed E-state index contributed by atoms with van der Waals surface area (Å²) in [6, 6.07) is 8.02. The Labute approximate surface area is 149 Å². The molecule has 0 N–H and O–H groups in total. The first-order valence-electron chi connectivity index (χ1n) is 8.48. The third kappa shape index (κ3) is 2.38. The van der Waals surface area contributed by atoms with Crippen molar-refractivity contribution in [1.29, 1.82) is 0 Å². The number of hydrogen-bond acceptors (Lipinski definition) is 5. The van der Waals surface area contributed by atoms with Crippen molar-refractivity contribution < 1.29 is 4.79 Å². The number of thiophene rings is 1. The van der Waals surface area contributed by atoms with Crippen molar-refractivity contribution >= 4 is 17.2 Å². The van der Waals surface area contributed by atoms with E-state index in [1.807, 2.05) is 34.5 Å². The monoisotopic (exact) mass is 351 g/mol. The highest BCUT2D eigenvalue weighted by Gasteiger charge is 2.41. The van der Waals surface area contributed by atoms with Crippen molar-refractivity contribution in [2.24, 2.45) is 5.92 Å². The first-order chi connectivity index (χ1) is 12.3. The van der Waals surface area contributed by atoms with Gasteiger partial charge in [-0.1, -0.05) is 6.07 Å². The second-order valence-electron chi connectivity index (χ2n) is 6.60. The average Bonchev–Trinajstić information content (AvgIpc) is 3.39. The molecule has 0 aliphatic carbocycles. The third-order valence-corrected chi connectivity index (χ3v) is 6.06. The predicted molar refractivity (Wildman–Crippen MR) is 94.3 cm³/mol. The third-order valence-electron chi connectivity index (χ3n) is 5.20. The SMILES string of the molecule is O=C(c1cccs1)N1C[C@H]2CCc3nnc(-c4ccncc4)n3[C@H]2C1. The van der Waals surface area contributed by atoms with E-state index in [9.17, 15) is 4.79 Å². The van der Waals surface area contributed by atoms with Gasteiger partial charge in [-0.15, -0.1) is 21.5 Å². The van der Waals surface area contributed by atoms with Gasteiger partial charge in [-0.05, 0) is 35.9 Å². The molecule has 1 amide bonds. The summed E-state index contributed by atoms with van der Waals surface area (Å²) in [4.78, 5) is 19.6. The molecule has 7 heteroatoms. The molecule has 1 saturated heterocycles. The fourth-order valence-electron chi connectivity index (χ4n) is 4.01. The minimum absolute atomic E-state index is 0.143. The van der Waals surface area contributed by atoms with Crippen LogP contribution in [0.5, 0.6) is 0 Å². The fraction of sp³-hybridized carbons (Fsp3) is 0.333. The Hall–Kier alpha value is -2.54. The van der Waals surface area contributed by atoms with Crippen LogP contribution < -0.4 is 0 Å². The first kappa shape index (κ1) is 14.8. The van der Waals surface area contributed by atoms with Gasteiger partial charge in [0.1, 0.15) is 5.82 Å². The average molecular weight is 351 g/mol. The van der Waals surface area contributed by atoms with E-state index in [0.29, 0.717) is 5.92 Å². The van der Waals surface area contributed by atoms with E-state index in [4.69, 9.17) is 0 Å². The molecule has 0 bridgehead atoms. The van der Waals surface area contributed by atoms with Crippen molar-refractivity contribution in [3.63, 3.8) is 0 Å². The second-order valence-corrected chi connectivity index (χ2v) is 7.55. The van der Waals surface area contributed by atoms with E-state index in [1.165, 1.54) is 11.3 Å². The molecule has 2 atom stereocenters. The highest BCUT2D eigenvalue weighted by atomic mass is 32.1. The number of amides is 1. The molecule has 5 rings (SSSR count). The lowest BCUT2D eigenvalue weighted by molar-refractivity contribution is 0.0789. The van der Waals surface area contributed by atoms with Crippen molar-refractivity contribution in [3.8, 4) is 11.4 Å². The normalized spacial score (nSPS) is 21.8. The Morgan fingerprint density at radius 2 is 2.04 bits per heavy atom. The molecule has 0 spiro atoms. The number of carbonyl (C=O) groups excluding carboxylic acids is 1. The molecule has 1 fully saturated rings. The number of hydrogen-bond donors (Lipinski definition) is 0. The van der Waals surface area contributed by atoms with Crippen LogP contribution in [-0.4, -0.2) is 43.6 Å². The standard InChI is InChI=1S/C18H17N5OS/c24-18(15-2-1-9-25-15)22-10-13-3-4-16-20-21-17(23(16)14(13)11-22)12-5-7-19-8-6-12/h1-2,5-9,13-14H,3-4,10-11H2/t13-,14+/m1/s1. The van der Waals surface area contributed by atoms with Crippen molar-refractivity contribution in [2.75, 3.05) is 13.1 Å². The molecule has 0 aromatic carbocycles. The van der Waals surface area contributed by atoms with Gasteiger partial charge in [-0.2, -0.15) is 0 Å². The van der Waals surface area contributed by atoms with Gasteiger partial charge in [0, 0.05) is 37.5 Å². The summed E-state index contributed by atoms with van der Waals surface area (Å²) < 4.78 is 2.26. The molecule has 25 heavy (non-hydrogen) atoms. The summed E-state index contributed by atoms with van der Waals surface area (Å²) in [5.41, 5.74) is 1.03. The smallest absolute Gasteiger partial charge is 0.263 e. The van der Waals surface area contributed by atoms with E-state index in [2.05, 4.69) is 19.7 Å². The van der Waals surface area contributed by atoms with Gasteiger partial charge in [0.15, 0.2) is 5.82 Å². The van der Waals surface area contributed by atoms with Gasteiger partial charge in [0.25, 0.3) is 5.91 Å². The molecular weight excluding hydrogens is 334 g/mol.